The van der Waals surface area contributed by atoms with Gasteiger partial charge in [-0.15, -0.1) is 0 Å². The molecule has 20 heavy (non-hydrogen) atoms. The number of aliphatic hydroxyl groups excluding tert-OH is 1. The number of aliphatic hydroxyl groups is 1. The molecule has 1 aromatic rings. The molecule has 0 aliphatic carbocycles. The standard InChI is InChI=1S/C15H24N2O3/c1-12-5-4-6-13(2)15(12)16-14(19)11-17(7-9-18)8-10-20-3/h4-6,18H,7-11H2,1-3H3,(H,16,19). The quantitative estimate of drug-likeness (QED) is 0.751. The molecule has 1 rings (SSSR count). The molecule has 0 unspecified atom stereocenters. The van der Waals surface area contributed by atoms with E-state index in [9.17, 15) is 4.79 Å². The largest absolute Gasteiger partial charge is 0.395 e. The lowest BCUT2D eigenvalue weighted by Crippen LogP contribution is -2.37. The van der Waals surface area contributed by atoms with Crippen LogP contribution in [0.1, 0.15) is 11.1 Å². The predicted molar refractivity (Wildman–Crippen MR) is 79.9 cm³/mol. The van der Waals surface area contributed by atoms with Gasteiger partial charge in [-0.2, -0.15) is 0 Å². The number of ether oxygens (including phenoxy) is 1. The van der Waals surface area contributed by atoms with E-state index in [1.165, 1.54) is 0 Å². The number of para-hydroxylation sites is 1. The number of anilines is 1. The lowest BCUT2D eigenvalue weighted by molar-refractivity contribution is -0.117. The number of aryl methyl sites for hydroxylation is 2. The summed E-state index contributed by atoms with van der Waals surface area (Å²) in [5, 5.41) is 12.0. The molecule has 0 aliphatic rings. The van der Waals surface area contributed by atoms with Crippen LogP contribution >= 0.6 is 0 Å². The zero-order valence-corrected chi connectivity index (χ0v) is 12.5. The van der Waals surface area contributed by atoms with E-state index in [0.717, 1.165) is 16.8 Å². The fourth-order valence-corrected chi connectivity index (χ4v) is 2.03. The minimum atomic E-state index is -0.0769. The lowest BCUT2D eigenvalue weighted by atomic mass is 10.1. The maximum Gasteiger partial charge on any atom is 0.238 e. The summed E-state index contributed by atoms with van der Waals surface area (Å²) in [6, 6.07) is 5.91. The molecular formula is C15H24N2O3. The minimum absolute atomic E-state index is 0.0282. The van der Waals surface area contributed by atoms with Gasteiger partial charge in [0.25, 0.3) is 0 Å². The fourth-order valence-electron chi connectivity index (χ4n) is 2.03. The number of rotatable bonds is 8. The Kier molecular flexibility index (Phi) is 7.22. The molecule has 0 atom stereocenters. The van der Waals surface area contributed by atoms with E-state index in [2.05, 4.69) is 5.32 Å². The van der Waals surface area contributed by atoms with Crippen molar-refractivity contribution in [3.63, 3.8) is 0 Å². The first-order valence-electron chi connectivity index (χ1n) is 6.76. The summed E-state index contributed by atoms with van der Waals surface area (Å²) in [6.07, 6.45) is 0. The van der Waals surface area contributed by atoms with Crippen LogP contribution in [0, 0.1) is 13.8 Å². The van der Waals surface area contributed by atoms with Crippen LogP contribution in [0.15, 0.2) is 18.2 Å². The van der Waals surface area contributed by atoms with E-state index >= 15 is 0 Å². The van der Waals surface area contributed by atoms with Crippen LogP contribution in [0.3, 0.4) is 0 Å². The van der Waals surface area contributed by atoms with E-state index < -0.39 is 0 Å². The van der Waals surface area contributed by atoms with Crippen molar-refractivity contribution in [2.75, 3.05) is 45.3 Å². The zero-order valence-electron chi connectivity index (χ0n) is 12.5. The van der Waals surface area contributed by atoms with Crippen LogP contribution < -0.4 is 5.32 Å². The third-order valence-corrected chi connectivity index (χ3v) is 3.14. The van der Waals surface area contributed by atoms with E-state index in [1.54, 1.807) is 7.11 Å². The molecule has 0 spiro atoms. The van der Waals surface area contributed by atoms with Gasteiger partial charge < -0.3 is 15.2 Å². The van der Waals surface area contributed by atoms with Crippen LogP contribution in [0.25, 0.3) is 0 Å². The molecule has 0 saturated heterocycles. The number of benzene rings is 1. The first-order valence-corrected chi connectivity index (χ1v) is 6.76. The van der Waals surface area contributed by atoms with Gasteiger partial charge in [0.1, 0.15) is 0 Å². The van der Waals surface area contributed by atoms with Gasteiger partial charge in [-0.05, 0) is 25.0 Å². The van der Waals surface area contributed by atoms with Crippen molar-refractivity contribution in [3.05, 3.63) is 29.3 Å². The third kappa shape index (κ3) is 5.28. The van der Waals surface area contributed by atoms with Crippen LogP contribution in [0.5, 0.6) is 0 Å². The zero-order chi connectivity index (χ0) is 15.0. The number of hydrogen-bond acceptors (Lipinski definition) is 4. The molecule has 1 amide bonds. The van der Waals surface area contributed by atoms with Gasteiger partial charge in [-0.3, -0.25) is 9.69 Å². The minimum Gasteiger partial charge on any atom is -0.395 e. The Balaban J connectivity index is 2.61. The molecule has 0 heterocycles. The van der Waals surface area contributed by atoms with Crippen molar-refractivity contribution in [2.24, 2.45) is 0 Å². The lowest BCUT2D eigenvalue weighted by Gasteiger charge is -2.21. The second kappa shape index (κ2) is 8.68. The smallest absolute Gasteiger partial charge is 0.238 e. The first kappa shape index (κ1) is 16.6. The summed E-state index contributed by atoms with van der Waals surface area (Å²) in [5.74, 6) is -0.0769. The Morgan fingerprint density at radius 2 is 1.95 bits per heavy atom. The molecule has 0 saturated carbocycles. The molecule has 5 heteroatoms. The average molecular weight is 280 g/mol. The summed E-state index contributed by atoms with van der Waals surface area (Å²) in [4.78, 5) is 14.0. The molecule has 0 bridgehead atoms. The third-order valence-electron chi connectivity index (χ3n) is 3.14. The molecule has 1 aromatic carbocycles. The van der Waals surface area contributed by atoms with E-state index in [-0.39, 0.29) is 19.1 Å². The van der Waals surface area contributed by atoms with Crippen LogP contribution in [0.4, 0.5) is 5.69 Å². The monoisotopic (exact) mass is 280 g/mol. The Labute approximate surface area is 120 Å². The van der Waals surface area contributed by atoms with Crippen molar-refractivity contribution >= 4 is 11.6 Å². The van der Waals surface area contributed by atoms with Crippen molar-refractivity contribution in [1.29, 1.82) is 0 Å². The SMILES string of the molecule is COCCN(CCO)CC(=O)Nc1c(C)cccc1C. The van der Waals surface area contributed by atoms with Crippen LogP contribution in [-0.4, -0.2) is 55.9 Å². The molecule has 0 fully saturated rings. The topological polar surface area (TPSA) is 61.8 Å². The van der Waals surface area contributed by atoms with Crippen molar-refractivity contribution in [2.45, 2.75) is 13.8 Å². The Hall–Kier alpha value is -1.43. The van der Waals surface area contributed by atoms with Gasteiger partial charge in [-0.25, -0.2) is 0 Å². The number of carbonyl (C=O) groups excluding carboxylic acids is 1. The average Bonchev–Trinajstić information content (AvgIpc) is 2.40. The van der Waals surface area contributed by atoms with Gasteiger partial charge >= 0.3 is 0 Å². The predicted octanol–water partition coefficient (Wildman–Crippen LogP) is 1.18. The highest BCUT2D eigenvalue weighted by atomic mass is 16.5. The fraction of sp³-hybridized carbons (Fsp3) is 0.533. The second-order valence-electron chi connectivity index (χ2n) is 4.81. The Bertz CT molecular complexity index is 415. The number of nitrogens with one attached hydrogen (secondary N) is 1. The van der Waals surface area contributed by atoms with Crippen molar-refractivity contribution < 1.29 is 14.6 Å². The molecule has 0 aromatic heterocycles. The Morgan fingerprint density at radius 3 is 2.50 bits per heavy atom. The van der Waals surface area contributed by atoms with Crippen LogP contribution in [0.2, 0.25) is 0 Å². The van der Waals surface area contributed by atoms with E-state index in [1.807, 2.05) is 36.9 Å². The van der Waals surface area contributed by atoms with E-state index in [0.29, 0.717) is 19.7 Å². The summed E-state index contributed by atoms with van der Waals surface area (Å²) < 4.78 is 5.00. The molecule has 5 nitrogen and oxygen atoms in total. The normalized spacial score (nSPS) is 10.8. The molecule has 0 aliphatic heterocycles. The summed E-state index contributed by atoms with van der Waals surface area (Å²) in [5.41, 5.74) is 2.96. The molecule has 112 valence electrons. The van der Waals surface area contributed by atoms with Gasteiger partial charge in [0.15, 0.2) is 0 Å². The highest BCUT2D eigenvalue weighted by Gasteiger charge is 2.12. The number of amides is 1. The van der Waals surface area contributed by atoms with Crippen molar-refractivity contribution in [3.8, 4) is 0 Å². The molecule has 0 radical (unpaired) electrons. The van der Waals surface area contributed by atoms with Crippen molar-refractivity contribution in [1.82, 2.24) is 4.90 Å². The Morgan fingerprint density at radius 1 is 1.30 bits per heavy atom. The van der Waals surface area contributed by atoms with Gasteiger partial charge in [0.2, 0.25) is 5.91 Å². The maximum atomic E-state index is 12.1. The number of carbonyl (C=O) groups is 1. The molecule has 2 N–H and O–H groups in total. The van der Waals surface area contributed by atoms with Gasteiger partial charge in [0.05, 0.1) is 19.8 Å². The van der Waals surface area contributed by atoms with Gasteiger partial charge in [-0.1, -0.05) is 18.2 Å². The highest BCUT2D eigenvalue weighted by Crippen LogP contribution is 2.19. The maximum absolute atomic E-state index is 12.1. The highest BCUT2D eigenvalue weighted by molar-refractivity contribution is 5.93. The number of hydrogen-bond donors (Lipinski definition) is 2. The number of methoxy groups -OCH3 is 1. The van der Waals surface area contributed by atoms with E-state index in [4.69, 9.17) is 9.84 Å². The van der Waals surface area contributed by atoms with Gasteiger partial charge in [0, 0.05) is 25.9 Å². The summed E-state index contributed by atoms with van der Waals surface area (Å²) >= 11 is 0. The van der Waals surface area contributed by atoms with Crippen LogP contribution in [-0.2, 0) is 9.53 Å². The second-order valence-corrected chi connectivity index (χ2v) is 4.81. The summed E-state index contributed by atoms with van der Waals surface area (Å²) in [6.45, 7) is 5.84. The first-order chi connectivity index (χ1) is 9.58. The summed E-state index contributed by atoms with van der Waals surface area (Å²) in [7, 11) is 1.62. The molecular weight excluding hydrogens is 256 g/mol. The number of nitrogens with zero attached hydrogens (tertiary/aromatic N) is 1.